The highest BCUT2D eigenvalue weighted by Crippen LogP contribution is 2.34. The van der Waals surface area contributed by atoms with Gasteiger partial charge in [-0.25, -0.2) is 4.99 Å². The van der Waals surface area contributed by atoms with Crippen molar-refractivity contribution in [3.05, 3.63) is 76.3 Å². The van der Waals surface area contributed by atoms with Gasteiger partial charge in [-0.05, 0) is 29.1 Å². The van der Waals surface area contributed by atoms with E-state index in [1.807, 2.05) is 42.5 Å². The summed E-state index contributed by atoms with van der Waals surface area (Å²) in [6.07, 6.45) is 1.79. The van der Waals surface area contributed by atoms with Crippen molar-refractivity contribution >= 4 is 44.4 Å². The molecule has 3 aromatic rings. The second-order valence-electron chi connectivity index (χ2n) is 5.06. The van der Waals surface area contributed by atoms with Crippen LogP contribution in [0.4, 0.5) is 5.69 Å². The van der Waals surface area contributed by atoms with Gasteiger partial charge in [0.2, 0.25) is 0 Å². The second-order valence-corrected chi connectivity index (χ2v) is 5.98. The first-order chi connectivity index (χ1) is 10.8. The van der Waals surface area contributed by atoms with E-state index in [2.05, 4.69) is 49.6 Å². The first-order valence-electron chi connectivity index (χ1n) is 6.97. The lowest BCUT2D eigenvalue weighted by Gasteiger charge is -2.02. The van der Waals surface area contributed by atoms with Crippen molar-refractivity contribution in [1.82, 2.24) is 5.43 Å². The number of benzene rings is 3. The van der Waals surface area contributed by atoms with Crippen LogP contribution in [0.25, 0.3) is 10.8 Å². The van der Waals surface area contributed by atoms with Crippen LogP contribution < -0.4 is 5.43 Å². The summed E-state index contributed by atoms with van der Waals surface area (Å²) in [5.74, 6) is 0.792. The number of hydrogen-bond donors (Lipinski definition) is 1. The number of aliphatic imine (C=N–C) groups is 1. The molecule has 1 heterocycles. The van der Waals surface area contributed by atoms with Gasteiger partial charge in [0.15, 0.2) is 5.84 Å². The summed E-state index contributed by atoms with van der Waals surface area (Å²) in [6.45, 7) is 0. The van der Waals surface area contributed by atoms with Crippen LogP contribution in [-0.4, -0.2) is 12.1 Å². The molecule has 0 atom stereocenters. The smallest absolute Gasteiger partial charge is 0.154 e. The number of halogens is 1. The zero-order valence-corrected chi connectivity index (χ0v) is 13.2. The molecule has 3 nitrogen and oxygen atoms in total. The first-order valence-corrected chi connectivity index (χ1v) is 7.76. The van der Waals surface area contributed by atoms with Crippen molar-refractivity contribution < 1.29 is 0 Å². The van der Waals surface area contributed by atoms with Gasteiger partial charge in [-0.15, -0.1) is 0 Å². The fourth-order valence-electron chi connectivity index (χ4n) is 2.59. The van der Waals surface area contributed by atoms with Crippen LogP contribution in [0.5, 0.6) is 0 Å². The number of nitrogens with one attached hydrogen (secondary N) is 1. The predicted octanol–water partition coefficient (Wildman–Crippen LogP) is 4.62. The van der Waals surface area contributed by atoms with Gasteiger partial charge in [-0.2, -0.15) is 5.10 Å². The molecule has 0 spiro atoms. The Morgan fingerprint density at radius 1 is 0.955 bits per heavy atom. The van der Waals surface area contributed by atoms with Crippen LogP contribution in [0.15, 0.2) is 75.2 Å². The fourth-order valence-corrected chi connectivity index (χ4v) is 2.86. The number of hydrazone groups is 1. The number of amidine groups is 1. The normalized spacial score (nSPS) is 12.9. The van der Waals surface area contributed by atoms with E-state index in [4.69, 9.17) is 0 Å². The molecule has 1 aliphatic heterocycles. The van der Waals surface area contributed by atoms with Crippen LogP contribution in [0, 0.1) is 0 Å². The minimum absolute atomic E-state index is 0.792. The molecule has 0 saturated heterocycles. The van der Waals surface area contributed by atoms with Gasteiger partial charge >= 0.3 is 0 Å². The summed E-state index contributed by atoms with van der Waals surface area (Å²) in [4.78, 5) is 4.63. The molecule has 0 radical (unpaired) electrons. The molecule has 0 amide bonds. The molecular weight excluding hydrogens is 338 g/mol. The topological polar surface area (TPSA) is 36.8 Å². The molecule has 1 N–H and O–H groups in total. The average Bonchev–Trinajstić information content (AvgIpc) is 2.90. The Hall–Kier alpha value is -2.46. The van der Waals surface area contributed by atoms with Crippen LogP contribution in [0.2, 0.25) is 0 Å². The van der Waals surface area contributed by atoms with Gasteiger partial charge in [0.05, 0.1) is 11.9 Å². The molecule has 106 valence electrons. The number of hydrogen-bond acceptors (Lipinski definition) is 3. The van der Waals surface area contributed by atoms with E-state index in [0.29, 0.717) is 0 Å². The lowest BCUT2D eigenvalue weighted by molar-refractivity contribution is 1.04. The van der Waals surface area contributed by atoms with Crippen LogP contribution in [-0.2, 0) is 0 Å². The van der Waals surface area contributed by atoms with Crippen LogP contribution >= 0.6 is 15.9 Å². The highest BCUT2D eigenvalue weighted by atomic mass is 79.9. The summed E-state index contributed by atoms with van der Waals surface area (Å²) in [7, 11) is 0. The molecule has 0 bridgehead atoms. The average molecular weight is 350 g/mol. The van der Waals surface area contributed by atoms with E-state index in [0.717, 1.165) is 27.1 Å². The minimum atomic E-state index is 0.792. The van der Waals surface area contributed by atoms with Crippen LogP contribution in [0.1, 0.15) is 11.1 Å². The molecule has 0 saturated carbocycles. The Balaban J connectivity index is 1.61. The van der Waals surface area contributed by atoms with Crippen LogP contribution in [0.3, 0.4) is 0 Å². The van der Waals surface area contributed by atoms with E-state index in [9.17, 15) is 0 Å². The Labute approximate surface area is 136 Å². The monoisotopic (exact) mass is 349 g/mol. The lowest BCUT2D eigenvalue weighted by atomic mass is 10.0. The summed E-state index contributed by atoms with van der Waals surface area (Å²) >= 11 is 3.42. The zero-order valence-electron chi connectivity index (χ0n) is 11.6. The van der Waals surface area contributed by atoms with E-state index >= 15 is 0 Å². The van der Waals surface area contributed by atoms with E-state index < -0.39 is 0 Å². The molecular formula is C18H12BrN3. The Morgan fingerprint density at radius 3 is 2.55 bits per heavy atom. The maximum Gasteiger partial charge on any atom is 0.154 e. The second kappa shape index (κ2) is 5.39. The Morgan fingerprint density at radius 2 is 1.73 bits per heavy atom. The first kappa shape index (κ1) is 13.2. The quantitative estimate of drug-likeness (QED) is 0.532. The molecule has 22 heavy (non-hydrogen) atoms. The Bertz CT molecular complexity index is 906. The largest absolute Gasteiger partial charge is 0.261 e. The maximum atomic E-state index is 4.63. The van der Waals surface area contributed by atoms with E-state index in [-0.39, 0.29) is 0 Å². The highest BCUT2D eigenvalue weighted by molar-refractivity contribution is 9.10. The SMILES string of the molecule is Brc1ccc(/C=N\NC2=Nc3cccc4cccc2c34)cc1. The third kappa shape index (κ3) is 2.31. The fraction of sp³-hybridized carbons (Fsp3) is 0. The molecule has 0 aliphatic carbocycles. The summed E-state index contributed by atoms with van der Waals surface area (Å²) in [5.41, 5.74) is 6.18. The summed E-state index contributed by atoms with van der Waals surface area (Å²) in [6, 6.07) is 20.4. The number of nitrogens with zero attached hydrogens (tertiary/aromatic N) is 2. The van der Waals surface area contributed by atoms with E-state index in [1.54, 1.807) is 6.21 Å². The van der Waals surface area contributed by atoms with Crippen molar-refractivity contribution in [3.63, 3.8) is 0 Å². The summed E-state index contributed by atoms with van der Waals surface area (Å²) < 4.78 is 1.06. The molecule has 0 unspecified atom stereocenters. The zero-order chi connectivity index (χ0) is 14.9. The molecule has 0 aromatic heterocycles. The highest BCUT2D eigenvalue weighted by Gasteiger charge is 2.17. The van der Waals surface area contributed by atoms with Crippen molar-refractivity contribution in [1.29, 1.82) is 0 Å². The number of rotatable bonds is 2. The van der Waals surface area contributed by atoms with Gasteiger partial charge in [0.25, 0.3) is 0 Å². The van der Waals surface area contributed by atoms with Gasteiger partial charge in [-0.3, -0.25) is 5.43 Å². The molecule has 4 rings (SSSR count). The third-order valence-corrected chi connectivity index (χ3v) is 4.15. The van der Waals surface area contributed by atoms with Gasteiger partial charge in [-0.1, -0.05) is 58.4 Å². The molecule has 1 aliphatic rings. The van der Waals surface area contributed by atoms with Gasteiger partial charge in [0.1, 0.15) is 0 Å². The van der Waals surface area contributed by atoms with Crippen molar-refractivity contribution in [2.45, 2.75) is 0 Å². The minimum Gasteiger partial charge on any atom is -0.261 e. The maximum absolute atomic E-state index is 4.63. The Kier molecular flexibility index (Phi) is 3.24. The lowest BCUT2D eigenvalue weighted by Crippen LogP contribution is -2.17. The third-order valence-electron chi connectivity index (χ3n) is 3.62. The van der Waals surface area contributed by atoms with E-state index in [1.165, 1.54) is 10.8 Å². The van der Waals surface area contributed by atoms with Crippen molar-refractivity contribution in [2.24, 2.45) is 10.1 Å². The standard InChI is InChI=1S/C18H12BrN3/c19-14-9-7-12(8-10-14)11-20-22-18-15-5-1-3-13-4-2-6-16(21-18)17(13)15/h1-11H,(H,21,22)/b20-11-. The molecule has 4 heteroatoms. The molecule has 0 fully saturated rings. The van der Waals surface area contributed by atoms with Crippen molar-refractivity contribution in [2.75, 3.05) is 0 Å². The molecule has 3 aromatic carbocycles. The van der Waals surface area contributed by atoms with Crippen molar-refractivity contribution in [3.8, 4) is 0 Å². The summed E-state index contributed by atoms with van der Waals surface area (Å²) in [5, 5.41) is 6.69. The predicted molar refractivity (Wildman–Crippen MR) is 95.0 cm³/mol. The van der Waals surface area contributed by atoms with Gasteiger partial charge in [0, 0.05) is 15.4 Å². The van der Waals surface area contributed by atoms with Gasteiger partial charge < -0.3 is 0 Å².